The van der Waals surface area contributed by atoms with Crippen LogP contribution in [-0.2, 0) is 6.42 Å². The molecule has 0 heterocycles. The fourth-order valence-electron chi connectivity index (χ4n) is 3.66. The number of fused-ring (bicyclic) bond motifs is 1. The van der Waals surface area contributed by atoms with E-state index in [1.165, 1.54) is 48.6 Å². The summed E-state index contributed by atoms with van der Waals surface area (Å²) in [6.45, 7) is 2.14. The molecule has 2 nitrogen and oxygen atoms in total. The molecule has 0 unspecified atom stereocenters. The molecule has 2 aromatic rings. The molecule has 0 radical (unpaired) electrons. The predicted molar refractivity (Wildman–Crippen MR) is 90.1 cm³/mol. The van der Waals surface area contributed by atoms with Gasteiger partial charge in [0.1, 0.15) is 5.75 Å². The van der Waals surface area contributed by atoms with Gasteiger partial charge in [-0.15, -0.1) is 0 Å². The third kappa shape index (κ3) is 2.59. The first kappa shape index (κ1) is 14.2. The summed E-state index contributed by atoms with van der Waals surface area (Å²) in [5.41, 5.74) is 9.82. The van der Waals surface area contributed by atoms with E-state index in [-0.39, 0.29) is 0 Å². The normalized spacial score (nSPS) is 16.3. The number of anilines is 1. The molecule has 1 aliphatic rings. The van der Waals surface area contributed by atoms with Crippen LogP contribution in [0.1, 0.15) is 56.1 Å². The summed E-state index contributed by atoms with van der Waals surface area (Å²) in [5, 5.41) is 2.37. The number of ether oxygens (including phenoxy) is 1. The molecule has 0 aliphatic heterocycles. The summed E-state index contributed by atoms with van der Waals surface area (Å²) in [6.07, 6.45) is 7.58. The minimum Gasteiger partial charge on any atom is -0.496 e. The van der Waals surface area contributed by atoms with Gasteiger partial charge >= 0.3 is 0 Å². The molecule has 2 N–H and O–H groups in total. The van der Waals surface area contributed by atoms with Gasteiger partial charge in [-0.25, -0.2) is 0 Å². The molecule has 0 atom stereocenters. The Morgan fingerprint density at radius 1 is 1.14 bits per heavy atom. The monoisotopic (exact) mass is 283 g/mol. The van der Waals surface area contributed by atoms with E-state index in [1.54, 1.807) is 7.11 Å². The van der Waals surface area contributed by atoms with Crippen LogP contribution in [0.4, 0.5) is 5.69 Å². The average Bonchev–Trinajstić information content (AvgIpc) is 2.55. The van der Waals surface area contributed by atoms with E-state index in [0.29, 0.717) is 5.92 Å². The first-order chi connectivity index (χ1) is 10.2. The number of hydrogen-bond acceptors (Lipinski definition) is 2. The Hall–Kier alpha value is -1.70. The van der Waals surface area contributed by atoms with Gasteiger partial charge in [-0.3, -0.25) is 0 Å². The third-order valence-electron chi connectivity index (χ3n) is 4.93. The fraction of sp³-hybridized carbons (Fsp3) is 0.474. The van der Waals surface area contributed by atoms with Gasteiger partial charge in [-0.1, -0.05) is 38.3 Å². The molecule has 1 saturated carbocycles. The lowest BCUT2D eigenvalue weighted by atomic mass is 9.82. The highest BCUT2D eigenvalue weighted by atomic mass is 16.5. The quantitative estimate of drug-likeness (QED) is 0.801. The van der Waals surface area contributed by atoms with Crippen molar-refractivity contribution in [2.45, 2.75) is 51.4 Å². The molecule has 0 bridgehead atoms. The topological polar surface area (TPSA) is 35.2 Å². The minimum absolute atomic E-state index is 0.644. The first-order valence-corrected chi connectivity index (χ1v) is 8.13. The molecular weight excluding hydrogens is 258 g/mol. The largest absolute Gasteiger partial charge is 0.496 e. The van der Waals surface area contributed by atoms with Crippen LogP contribution in [-0.4, -0.2) is 7.11 Å². The number of nitrogen functional groups attached to an aromatic ring is 1. The zero-order chi connectivity index (χ0) is 14.8. The second kappa shape index (κ2) is 5.97. The average molecular weight is 283 g/mol. The Morgan fingerprint density at radius 2 is 1.90 bits per heavy atom. The Bertz CT molecular complexity index is 642. The number of rotatable bonds is 3. The summed E-state index contributed by atoms with van der Waals surface area (Å²) >= 11 is 0. The number of benzene rings is 2. The van der Waals surface area contributed by atoms with Gasteiger partial charge in [0.2, 0.25) is 0 Å². The van der Waals surface area contributed by atoms with Crippen molar-refractivity contribution in [1.29, 1.82) is 0 Å². The molecule has 1 aliphatic carbocycles. The van der Waals surface area contributed by atoms with Crippen molar-refractivity contribution in [1.82, 2.24) is 0 Å². The van der Waals surface area contributed by atoms with Crippen molar-refractivity contribution in [3.63, 3.8) is 0 Å². The summed E-state index contributed by atoms with van der Waals surface area (Å²) in [6, 6.07) is 8.82. The molecule has 1 fully saturated rings. The van der Waals surface area contributed by atoms with Gasteiger partial charge in [-0.05, 0) is 53.8 Å². The lowest BCUT2D eigenvalue weighted by Gasteiger charge is -2.24. The summed E-state index contributed by atoms with van der Waals surface area (Å²) < 4.78 is 5.68. The van der Waals surface area contributed by atoms with E-state index in [9.17, 15) is 0 Å². The highest BCUT2D eigenvalue weighted by Gasteiger charge is 2.20. The smallest absolute Gasteiger partial charge is 0.123 e. The molecule has 0 aromatic heterocycles. The van der Waals surface area contributed by atoms with E-state index < -0.39 is 0 Å². The molecule has 0 spiro atoms. The van der Waals surface area contributed by atoms with Crippen molar-refractivity contribution >= 4 is 16.5 Å². The molecule has 112 valence electrons. The lowest BCUT2D eigenvalue weighted by Crippen LogP contribution is -2.06. The van der Waals surface area contributed by atoms with Crippen LogP contribution in [0.5, 0.6) is 5.75 Å². The van der Waals surface area contributed by atoms with E-state index in [1.807, 2.05) is 0 Å². The van der Waals surface area contributed by atoms with Crippen LogP contribution in [0, 0.1) is 0 Å². The second-order valence-electron chi connectivity index (χ2n) is 6.14. The van der Waals surface area contributed by atoms with Crippen LogP contribution in [0.3, 0.4) is 0 Å². The Balaban J connectivity index is 2.13. The Kier molecular flexibility index (Phi) is 4.05. The van der Waals surface area contributed by atoms with E-state index >= 15 is 0 Å². The lowest BCUT2D eigenvalue weighted by molar-refractivity contribution is 0.388. The van der Waals surface area contributed by atoms with Crippen molar-refractivity contribution in [3.05, 3.63) is 35.4 Å². The van der Waals surface area contributed by atoms with Crippen LogP contribution < -0.4 is 10.5 Å². The summed E-state index contributed by atoms with van der Waals surface area (Å²) in [7, 11) is 1.77. The third-order valence-corrected chi connectivity index (χ3v) is 4.93. The van der Waals surface area contributed by atoms with Gasteiger partial charge in [0.15, 0.2) is 0 Å². The van der Waals surface area contributed by atoms with Gasteiger partial charge in [0.05, 0.1) is 7.11 Å². The number of aryl methyl sites for hydroxylation is 1. The summed E-state index contributed by atoms with van der Waals surface area (Å²) in [5.74, 6) is 1.65. The highest BCUT2D eigenvalue weighted by molar-refractivity contribution is 5.96. The molecule has 3 rings (SSSR count). The standard InChI is InChI=1S/C19H25NO/c1-3-13-9-10-15-11-16(14-7-5-4-6-8-14)18(21-2)12-17(15)19(13)20/h9-12,14H,3-8,20H2,1-2H3. The highest BCUT2D eigenvalue weighted by Crippen LogP contribution is 2.40. The van der Waals surface area contributed by atoms with E-state index in [0.717, 1.165) is 23.2 Å². The van der Waals surface area contributed by atoms with Crippen molar-refractivity contribution in [2.24, 2.45) is 0 Å². The molecule has 21 heavy (non-hydrogen) atoms. The SMILES string of the molecule is CCc1ccc2cc(C3CCCCC3)c(OC)cc2c1N. The second-order valence-corrected chi connectivity index (χ2v) is 6.14. The van der Waals surface area contributed by atoms with Gasteiger partial charge in [-0.2, -0.15) is 0 Å². The molecule has 2 aromatic carbocycles. The zero-order valence-corrected chi connectivity index (χ0v) is 13.1. The fourth-order valence-corrected chi connectivity index (χ4v) is 3.66. The number of methoxy groups -OCH3 is 1. The van der Waals surface area contributed by atoms with Gasteiger partial charge in [0.25, 0.3) is 0 Å². The maximum Gasteiger partial charge on any atom is 0.123 e. The van der Waals surface area contributed by atoms with Crippen molar-refractivity contribution in [3.8, 4) is 5.75 Å². The molecule has 0 saturated heterocycles. The number of hydrogen-bond donors (Lipinski definition) is 1. The van der Waals surface area contributed by atoms with E-state index in [2.05, 4.69) is 31.2 Å². The maximum absolute atomic E-state index is 6.33. The first-order valence-electron chi connectivity index (χ1n) is 8.13. The van der Waals surface area contributed by atoms with Crippen LogP contribution in [0.25, 0.3) is 10.8 Å². The maximum atomic E-state index is 6.33. The van der Waals surface area contributed by atoms with E-state index in [4.69, 9.17) is 10.5 Å². The molecule has 0 amide bonds. The molecule has 2 heteroatoms. The molecular formula is C19H25NO. The summed E-state index contributed by atoms with van der Waals surface area (Å²) in [4.78, 5) is 0. The van der Waals surface area contributed by atoms with Crippen LogP contribution >= 0.6 is 0 Å². The van der Waals surface area contributed by atoms with Crippen LogP contribution in [0.2, 0.25) is 0 Å². The van der Waals surface area contributed by atoms with Gasteiger partial charge in [0, 0.05) is 11.1 Å². The minimum atomic E-state index is 0.644. The number of nitrogens with two attached hydrogens (primary N) is 1. The van der Waals surface area contributed by atoms with Crippen molar-refractivity contribution in [2.75, 3.05) is 12.8 Å². The van der Waals surface area contributed by atoms with Crippen molar-refractivity contribution < 1.29 is 4.74 Å². The van der Waals surface area contributed by atoms with Crippen LogP contribution in [0.15, 0.2) is 24.3 Å². The van der Waals surface area contributed by atoms with Gasteiger partial charge < -0.3 is 10.5 Å². The Labute approximate surface area is 127 Å². The predicted octanol–water partition coefficient (Wildman–Crippen LogP) is 5.04. The Morgan fingerprint density at radius 3 is 2.57 bits per heavy atom. The zero-order valence-electron chi connectivity index (χ0n) is 13.1.